The lowest BCUT2D eigenvalue weighted by Crippen LogP contribution is -2.25. The van der Waals surface area contributed by atoms with Crippen LogP contribution in [0.5, 0.6) is 5.75 Å². The Labute approximate surface area is 90.9 Å². The molecule has 0 aliphatic heterocycles. The zero-order valence-corrected chi connectivity index (χ0v) is 9.95. The minimum atomic E-state index is -0.868. The smallest absolute Gasteiger partial charge is 0.162 e. The SMILES string of the molecule is CCCC(C)(O)c1c(OC)cnn1CC. The fourth-order valence-corrected chi connectivity index (χ4v) is 1.91. The highest BCUT2D eigenvalue weighted by Crippen LogP contribution is 2.33. The Kier molecular flexibility index (Phi) is 3.74. The highest BCUT2D eigenvalue weighted by molar-refractivity contribution is 5.30. The van der Waals surface area contributed by atoms with Crippen LogP contribution in [0.1, 0.15) is 39.3 Å². The van der Waals surface area contributed by atoms with Crippen molar-refractivity contribution in [1.29, 1.82) is 0 Å². The molecule has 0 aliphatic carbocycles. The van der Waals surface area contributed by atoms with E-state index < -0.39 is 5.60 Å². The number of ether oxygens (including phenoxy) is 1. The summed E-state index contributed by atoms with van der Waals surface area (Å²) in [4.78, 5) is 0. The van der Waals surface area contributed by atoms with Crippen molar-refractivity contribution in [1.82, 2.24) is 9.78 Å². The molecule has 0 bridgehead atoms. The molecular formula is C11H20N2O2. The van der Waals surface area contributed by atoms with Gasteiger partial charge >= 0.3 is 0 Å². The molecule has 15 heavy (non-hydrogen) atoms. The van der Waals surface area contributed by atoms with Crippen LogP contribution in [0.15, 0.2) is 6.20 Å². The fraction of sp³-hybridized carbons (Fsp3) is 0.727. The zero-order chi connectivity index (χ0) is 11.5. The molecular weight excluding hydrogens is 192 g/mol. The maximum absolute atomic E-state index is 10.4. The van der Waals surface area contributed by atoms with Gasteiger partial charge in [0, 0.05) is 6.54 Å². The van der Waals surface area contributed by atoms with Crippen LogP contribution in [0.3, 0.4) is 0 Å². The number of hydrogen-bond donors (Lipinski definition) is 1. The van der Waals surface area contributed by atoms with E-state index >= 15 is 0 Å². The molecule has 1 N–H and O–H groups in total. The fourth-order valence-electron chi connectivity index (χ4n) is 1.91. The first kappa shape index (κ1) is 12.0. The van der Waals surface area contributed by atoms with Gasteiger partial charge in [-0.15, -0.1) is 0 Å². The van der Waals surface area contributed by atoms with Crippen LogP contribution in [-0.2, 0) is 12.1 Å². The second-order valence-corrected chi connectivity index (χ2v) is 3.90. The molecule has 0 fully saturated rings. The summed E-state index contributed by atoms with van der Waals surface area (Å²) in [7, 11) is 1.60. The van der Waals surface area contributed by atoms with Gasteiger partial charge in [-0.1, -0.05) is 13.3 Å². The van der Waals surface area contributed by atoms with E-state index in [1.54, 1.807) is 18.0 Å². The van der Waals surface area contributed by atoms with Crippen LogP contribution in [0.25, 0.3) is 0 Å². The number of hydrogen-bond acceptors (Lipinski definition) is 3. The van der Waals surface area contributed by atoms with Crippen molar-refractivity contribution >= 4 is 0 Å². The van der Waals surface area contributed by atoms with E-state index in [0.29, 0.717) is 12.2 Å². The Bertz CT molecular complexity index is 297. The second-order valence-electron chi connectivity index (χ2n) is 3.90. The van der Waals surface area contributed by atoms with Crippen molar-refractivity contribution in [3.05, 3.63) is 11.9 Å². The molecule has 0 saturated heterocycles. The Morgan fingerprint density at radius 2 is 2.20 bits per heavy atom. The van der Waals surface area contributed by atoms with E-state index in [9.17, 15) is 5.11 Å². The molecule has 1 aromatic heterocycles. The van der Waals surface area contributed by atoms with Crippen LogP contribution in [0.2, 0.25) is 0 Å². The molecule has 0 saturated carbocycles. The first-order valence-electron chi connectivity index (χ1n) is 5.39. The lowest BCUT2D eigenvalue weighted by Gasteiger charge is -2.24. The molecule has 1 heterocycles. The molecule has 0 amide bonds. The molecule has 1 aromatic rings. The third-order valence-electron chi connectivity index (χ3n) is 2.57. The summed E-state index contributed by atoms with van der Waals surface area (Å²) in [6.07, 6.45) is 3.28. The normalized spacial score (nSPS) is 15.0. The van der Waals surface area contributed by atoms with Gasteiger partial charge in [0.05, 0.1) is 13.3 Å². The Morgan fingerprint density at radius 3 is 2.67 bits per heavy atom. The first-order valence-corrected chi connectivity index (χ1v) is 5.39. The molecule has 86 valence electrons. The van der Waals surface area contributed by atoms with Gasteiger partial charge in [-0.05, 0) is 20.3 Å². The van der Waals surface area contributed by atoms with E-state index in [0.717, 1.165) is 18.7 Å². The minimum Gasteiger partial charge on any atom is -0.493 e. The monoisotopic (exact) mass is 212 g/mol. The lowest BCUT2D eigenvalue weighted by atomic mass is 9.96. The Hall–Kier alpha value is -1.03. The molecule has 0 aliphatic rings. The van der Waals surface area contributed by atoms with Gasteiger partial charge < -0.3 is 9.84 Å². The number of nitrogens with zero attached hydrogens (tertiary/aromatic N) is 2. The van der Waals surface area contributed by atoms with Gasteiger partial charge in [0.25, 0.3) is 0 Å². The van der Waals surface area contributed by atoms with Crippen molar-refractivity contribution in [2.24, 2.45) is 0 Å². The van der Waals surface area contributed by atoms with Crippen LogP contribution in [-0.4, -0.2) is 22.0 Å². The highest BCUT2D eigenvalue weighted by atomic mass is 16.5. The van der Waals surface area contributed by atoms with E-state index in [1.165, 1.54) is 0 Å². The van der Waals surface area contributed by atoms with Crippen molar-refractivity contribution in [2.45, 2.75) is 45.8 Å². The first-order chi connectivity index (χ1) is 7.06. The maximum atomic E-state index is 10.4. The summed E-state index contributed by atoms with van der Waals surface area (Å²) in [5, 5.41) is 14.5. The van der Waals surface area contributed by atoms with Crippen molar-refractivity contribution in [2.75, 3.05) is 7.11 Å². The summed E-state index contributed by atoms with van der Waals surface area (Å²) in [6.45, 7) is 6.59. The standard InChI is InChI=1S/C11H20N2O2/c1-5-7-11(3,14)10-9(15-4)8-12-13(10)6-2/h8,14H,5-7H2,1-4H3. The van der Waals surface area contributed by atoms with E-state index in [-0.39, 0.29) is 0 Å². The molecule has 1 unspecified atom stereocenters. The van der Waals surface area contributed by atoms with Gasteiger partial charge in [0.1, 0.15) is 11.3 Å². The van der Waals surface area contributed by atoms with Crippen LogP contribution >= 0.6 is 0 Å². The second kappa shape index (κ2) is 4.66. The summed E-state index contributed by atoms with van der Waals surface area (Å²) < 4.78 is 7.00. The average molecular weight is 212 g/mol. The van der Waals surface area contributed by atoms with E-state index in [1.807, 2.05) is 20.8 Å². The molecule has 0 spiro atoms. The predicted octanol–water partition coefficient (Wildman–Crippen LogP) is 1.92. The summed E-state index contributed by atoms with van der Waals surface area (Å²) in [5.41, 5.74) is -0.0959. The van der Waals surface area contributed by atoms with Gasteiger partial charge in [-0.3, -0.25) is 4.68 Å². The Morgan fingerprint density at radius 1 is 1.53 bits per heavy atom. The van der Waals surface area contributed by atoms with Crippen molar-refractivity contribution < 1.29 is 9.84 Å². The number of methoxy groups -OCH3 is 1. The van der Waals surface area contributed by atoms with Crippen LogP contribution < -0.4 is 4.74 Å². The van der Waals surface area contributed by atoms with Crippen LogP contribution in [0.4, 0.5) is 0 Å². The molecule has 0 radical (unpaired) electrons. The number of aliphatic hydroxyl groups is 1. The number of aromatic nitrogens is 2. The van der Waals surface area contributed by atoms with Crippen LogP contribution in [0, 0.1) is 0 Å². The number of aryl methyl sites for hydroxylation is 1. The maximum Gasteiger partial charge on any atom is 0.162 e. The van der Waals surface area contributed by atoms with Gasteiger partial charge in [-0.2, -0.15) is 5.10 Å². The predicted molar refractivity (Wildman–Crippen MR) is 58.9 cm³/mol. The lowest BCUT2D eigenvalue weighted by molar-refractivity contribution is 0.0352. The molecule has 1 atom stereocenters. The summed E-state index contributed by atoms with van der Waals surface area (Å²) in [6, 6.07) is 0. The topological polar surface area (TPSA) is 47.3 Å². The van der Waals surface area contributed by atoms with Gasteiger partial charge in [0.2, 0.25) is 0 Å². The molecule has 0 aromatic carbocycles. The summed E-state index contributed by atoms with van der Waals surface area (Å²) >= 11 is 0. The number of rotatable bonds is 5. The third-order valence-corrected chi connectivity index (χ3v) is 2.57. The summed E-state index contributed by atoms with van der Waals surface area (Å²) in [5.74, 6) is 0.662. The quantitative estimate of drug-likeness (QED) is 0.811. The average Bonchev–Trinajstić information content (AvgIpc) is 2.60. The molecule has 1 rings (SSSR count). The van der Waals surface area contributed by atoms with E-state index in [2.05, 4.69) is 5.10 Å². The van der Waals surface area contributed by atoms with Gasteiger partial charge in [0.15, 0.2) is 5.75 Å². The highest BCUT2D eigenvalue weighted by Gasteiger charge is 2.30. The van der Waals surface area contributed by atoms with Crippen molar-refractivity contribution in [3.8, 4) is 5.75 Å². The van der Waals surface area contributed by atoms with E-state index in [4.69, 9.17) is 4.74 Å². The van der Waals surface area contributed by atoms with Crippen molar-refractivity contribution in [3.63, 3.8) is 0 Å². The minimum absolute atomic E-state index is 0.662. The Balaban J connectivity index is 3.13. The zero-order valence-electron chi connectivity index (χ0n) is 9.95. The largest absolute Gasteiger partial charge is 0.493 e. The molecule has 4 heteroatoms. The molecule has 4 nitrogen and oxygen atoms in total. The van der Waals surface area contributed by atoms with Gasteiger partial charge in [-0.25, -0.2) is 0 Å². The third kappa shape index (κ3) is 2.31.